The van der Waals surface area contributed by atoms with E-state index in [1.807, 2.05) is 6.92 Å². The molecule has 0 spiro atoms. The fraction of sp³-hybridized carbons (Fsp3) is 1.00. The number of sulfonamides is 1. The number of nitrogens with zero attached hydrogens (tertiary/aromatic N) is 1. The molecule has 1 fully saturated rings. The molecule has 0 amide bonds. The van der Waals surface area contributed by atoms with Crippen LogP contribution < -0.4 is 5.32 Å². The van der Waals surface area contributed by atoms with Gasteiger partial charge < -0.3 is 5.32 Å². The predicted octanol–water partition coefficient (Wildman–Crippen LogP) is 1.83. The summed E-state index contributed by atoms with van der Waals surface area (Å²) in [5.74, 6) is 0.902. The topological polar surface area (TPSA) is 49.4 Å². The standard InChI is InChI=1S/C13H28N2O2S/c1-4-9-15(11-13-6-7-13)18(16,17)10-5-8-14-12(2)3/h12-14H,4-11H2,1-3H3. The minimum absolute atomic E-state index is 0.277. The molecule has 1 rings (SSSR count). The van der Waals surface area contributed by atoms with Crippen molar-refractivity contribution >= 4 is 10.0 Å². The second-order valence-electron chi connectivity index (χ2n) is 5.58. The second-order valence-corrected chi connectivity index (χ2v) is 7.67. The minimum atomic E-state index is -3.04. The Labute approximate surface area is 112 Å². The lowest BCUT2D eigenvalue weighted by Gasteiger charge is -2.21. The molecule has 0 heterocycles. The van der Waals surface area contributed by atoms with Gasteiger partial charge in [0.1, 0.15) is 0 Å². The van der Waals surface area contributed by atoms with Gasteiger partial charge in [-0.2, -0.15) is 0 Å². The molecule has 18 heavy (non-hydrogen) atoms. The van der Waals surface area contributed by atoms with Crippen molar-refractivity contribution in [3.05, 3.63) is 0 Å². The van der Waals surface area contributed by atoms with Gasteiger partial charge in [-0.15, -0.1) is 0 Å². The van der Waals surface area contributed by atoms with Crippen LogP contribution in [0.1, 0.15) is 46.5 Å². The smallest absolute Gasteiger partial charge is 0.214 e. The summed E-state index contributed by atoms with van der Waals surface area (Å²) < 4.78 is 26.2. The van der Waals surface area contributed by atoms with Crippen LogP contribution in [0.3, 0.4) is 0 Å². The average Bonchev–Trinajstić information content (AvgIpc) is 3.07. The van der Waals surface area contributed by atoms with E-state index < -0.39 is 10.0 Å². The van der Waals surface area contributed by atoms with Gasteiger partial charge in [-0.25, -0.2) is 12.7 Å². The zero-order valence-electron chi connectivity index (χ0n) is 12.0. The number of hydrogen-bond acceptors (Lipinski definition) is 3. The van der Waals surface area contributed by atoms with E-state index in [4.69, 9.17) is 0 Å². The normalized spacial score (nSPS) is 16.7. The summed E-state index contributed by atoms with van der Waals surface area (Å²) in [6, 6.07) is 0.422. The van der Waals surface area contributed by atoms with Gasteiger partial charge in [0.25, 0.3) is 0 Å². The molecule has 1 aliphatic rings. The lowest BCUT2D eigenvalue weighted by atomic mass is 10.4. The molecule has 0 saturated heterocycles. The molecular weight excluding hydrogens is 248 g/mol. The van der Waals surface area contributed by atoms with Gasteiger partial charge in [0.2, 0.25) is 10.0 Å². The Hall–Kier alpha value is -0.130. The first-order chi connectivity index (χ1) is 8.45. The third-order valence-electron chi connectivity index (χ3n) is 3.16. The number of hydrogen-bond donors (Lipinski definition) is 1. The van der Waals surface area contributed by atoms with Gasteiger partial charge >= 0.3 is 0 Å². The van der Waals surface area contributed by atoms with Crippen LogP contribution >= 0.6 is 0 Å². The Bertz CT molecular complexity index is 324. The largest absolute Gasteiger partial charge is 0.314 e. The molecule has 4 nitrogen and oxygen atoms in total. The van der Waals surface area contributed by atoms with Crippen molar-refractivity contribution in [1.29, 1.82) is 0 Å². The molecule has 0 unspecified atom stereocenters. The Balaban J connectivity index is 2.36. The predicted molar refractivity (Wildman–Crippen MR) is 76.1 cm³/mol. The van der Waals surface area contributed by atoms with E-state index in [2.05, 4.69) is 19.2 Å². The minimum Gasteiger partial charge on any atom is -0.314 e. The van der Waals surface area contributed by atoms with Gasteiger partial charge in [0.05, 0.1) is 5.75 Å². The van der Waals surface area contributed by atoms with Crippen LogP contribution in [0.4, 0.5) is 0 Å². The third-order valence-corrected chi connectivity index (χ3v) is 5.08. The fourth-order valence-corrected chi connectivity index (χ4v) is 3.62. The van der Waals surface area contributed by atoms with Crippen LogP contribution in [0.15, 0.2) is 0 Å². The maximum absolute atomic E-state index is 12.2. The molecule has 0 bridgehead atoms. The Morgan fingerprint density at radius 3 is 2.50 bits per heavy atom. The van der Waals surface area contributed by atoms with Gasteiger partial charge in [-0.05, 0) is 38.1 Å². The average molecular weight is 276 g/mol. The van der Waals surface area contributed by atoms with Crippen molar-refractivity contribution < 1.29 is 8.42 Å². The molecule has 1 N–H and O–H groups in total. The highest BCUT2D eigenvalue weighted by Gasteiger charge is 2.29. The monoisotopic (exact) mass is 276 g/mol. The van der Waals surface area contributed by atoms with E-state index >= 15 is 0 Å². The van der Waals surface area contributed by atoms with Crippen molar-refractivity contribution in [2.24, 2.45) is 5.92 Å². The summed E-state index contributed by atoms with van der Waals surface area (Å²) in [5.41, 5.74) is 0. The van der Waals surface area contributed by atoms with Crippen molar-refractivity contribution in [3.63, 3.8) is 0 Å². The molecule has 5 heteroatoms. The SMILES string of the molecule is CCCN(CC1CC1)S(=O)(=O)CCCNC(C)C. The number of nitrogens with one attached hydrogen (secondary N) is 1. The van der Waals surface area contributed by atoms with E-state index in [1.54, 1.807) is 4.31 Å². The molecular formula is C13H28N2O2S. The molecule has 108 valence electrons. The lowest BCUT2D eigenvalue weighted by molar-refractivity contribution is 0.394. The first-order valence-electron chi connectivity index (χ1n) is 7.17. The van der Waals surface area contributed by atoms with Crippen LogP contribution in [-0.2, 0) is 10.0 Å². The van der Waals surface area contributed by atoms with Gasteiger partial charge in [-0.1, -0.05) is 20.8 Å². The lowest BCUT2D eigenvalue weighted by Crippen LogP contribution is -2.36. The summed E-state index contributed by atoms with van der Waals surface area (Å²) in [5, 5.41) is 3.26. The highest BCUT2D eigenvalue weighted by Crippen LogP contribution is 2.30. The van der Waals surface area contributed by atoms with Crippen molar-refractivity contribution in [2.45, 2.75) is 52.5 Å². The third kappa shape index (κ3) is 6.16. The molecule has 1 saturated carbocycles. The molecule has 0 atom stereocenters. The zero-order chi connectivity index (χ0) is 13.6. The summed E-state index contributed by atoms with van der Waals surface area (Å²) in [7, 11) is -3.04. The van der Waals surface area contributed by atoms with E-state index in [0.717, 1.165) is 19.5 Å². The summed E-state index contributed by atoms with van der Waals surface area (Å²) in [4.78, 5) is 0. The highest BCUT2D eigenvalue weighted by molar-refractivity contribution is 7.89. The first-order valence-corrected chi connectivity index (χ1v) is 8.77. The maximum atomic E-state index is 12.2. The summed E-state index contributed by atoms with van der Waals surface area (Å²) >= 11 is 0. The van der Waals surface area contributed by atoms with Crippen LogP contribution in [0.2, 0.25) is 0 Å². The molecule has 0 aromatic rings. The van der Waals surface area contributed by atoms with Crippen LogP contribution in [-0.4, -0.2) is 44.2 Å². The van der Waals surface area contributed by atoms with Crippen LogP contribution in [0, 0.1) is 5.92 Å². The van der Waals surface area contributed by atoms with Gasteiger partial charge in [0.15, 0.2) is 0 Å². The van der Waals surface area contributed by atoms with Crippen LogP contribution in [0.5, 0.6) is 0 Å². The van der Waals surface area contributed by atoms with Crippen molar-refractivity contribution in [2.75, 3.05) is 25.4 Å². The Morgan fingerprint density at radius 2 is 2.00 bits per heavy atom. The van der Waals surface area contributed by atoms with Crippen molar-refractivity contribution in [3.8, 4) is 0 Å². The van der Waals surface area contributed by atoms with Gasteiger partial charge in [-0.3, -0.25) is 0 Å². The molecule has 0 aliphatic heterocycles. The van der Waals surface area contributed by atoms with E-state index in [0.29, 0.717) is 24.9 Å². The zero-order valence-corrected chi connectivity index (χ0v) is 12.8. The molecule has 1 aliphatic carbocycles. The Kier molecular flexibility index (Phi) is 6.60. The van der Waals surface area contributed by atoms with E-state index in [9.17, 15) is 8.42 Å². The molecule has 0 radical (unpaired) electrons. The summed E-state index contributed by atoms with van der Waals surface area (Å²) in [6.07, 6.45) is 4.00. The molecule has 0 aromatic heterocycles. The number of rotatable bonds is 10. The van der Waals surface area contributed by atoms with E-state index in [-0.39, 0.29) is 5.75 Å². The molecule has 0 aromatic carbocycles. The fourth-order valence-electron chi connectivity index (χ4n) is 1.96. The van der Waals surface area contributed by atoms with Crippen molar-refractivity contribution in [1.82, 2.24) is 9.62 Å². The maximum Gasteiger partial charge on any atom is 0.214 e. The van der Waals surface area contributed by atoms with Gasteiger partial charge in [0, 0.05) is 19.1 Å². The summed E-state index contributed by atoms with van der Waals surface area (Å²) in [6.45, 7) is 8.39. The Morgan fingerprint density at radius 1 is 1.33 bits per heavy atom. The van der Waals surface area contributed by atoms with E-state index in [1.165, 1.54) is 12.8 Å². The quantitative estimate of drug-likeness (QED) is 0.619. The van der Waals surface area contributed by atoms with Crippen LogP contribution in [0.25, 0.3) is 0 Å². The first kappa shape index (κ1) is 15.9. The second kappa shape index (κ2) is 7.46. The highest BCUT2D eigenvalue weighted by atomic mass is 32.2.